The van der Waals surface area contributed by atoms with Gasteiger partial charge < -0.3 is 33.8 Å². The van der Waals surface area contributed by atoms with Crippen molar-refractivity contribution in [2.75, 3.05) is 39.6 Å². The number of carbonyl (C=O) groups is 4. The molecule has 5 atom stereocenters. The Kier molecular flexibility index (Phi) is 72.2. The second kappa shape index (κ2) is 74.0. The van der Waals surface area contributed by atoms with Gasteiger partial charge in [-0.3, -0.25) is 37.3 Å². The van der Waals surface area contributed by atoms with Gasteiger partial charge in [-0.25, -0.2) is 9.13 Å². The van der Waals surface area contributed by atoms with E-state index in [0.29, 0.717) is 31.6 Å². The van der Waals surface area contributed by atoms with Gasteiger partial charge in [0, 0.05) is 25.7 Å². The summed E-state index contributed by atoms with van der Waals surface area (Å²) in [5.41, 5.74) is 0. The number of phosphoric acid groups is 2. The summed E-state index contributed by atoms with van der Waals surface area (Å²) in [6.07, 6.45) is 67.6. The van der Waals surface area contributed by atoms with Crippen molar-refractivity contribution < 1.29 is 80.2 Å². The molecule has 0 spiro atoms. The van der Waals surface area contributed by atoms with Gasteiger partial charge in [-0.1, -0.05) is 361 Å². The summed E-state index contributed by atoms with van der Waals surface area (Å²) in [7, 11) is -9.94. The first-order valence-corrected chi connectivity index (χ1v) is 45.3. The molecule has 0 amide bonds. The van der Waals surface area contributed by atoms with E-state index in [9.17, 15) is 43.2 Å². The molecular formula is C83H158O17P2. The maximum atomic E-state index is 13.1. The van der Waals surface area contributed by atoms with E-state index < -0.39 is 97.5 Å². The van der Waals surface area contributed by atoms with Crippen molar-refractivity contribution in [2.24, 2.45) is 11.8 Å². The molecule has 0 bridgehead atoms. The van der Waals surface area contributed by atoms with E-state index in [-0.39, 0.29) is 25.7 Å². The molecule has 0 aliphatic heterocycles. The summed E-state index contributed by atoms with van der Waals surface area (Å²) >= 11 is 0. The molecule has 2 unspecified atom stereocenters. The van der Waals surface area contributed by atoms with Crippen molar-refractivity contribution in [2.45, 2.75) is 432 Å². The summed E-state index contributed by atoms with van der Waals surface area (Å²) in [5, 5.41) is 10.6. The summed E-state index contributed by atoms with van der Waals surface area (Å²) in [4.78, 5) is 73.1. The first-order chi connectivity index (χ1) is 49.4. The number of hydrogen-bond acceptors (Lipinski definition) is 15. The predicted octanol–water partition coefficient (Wildman–Crippen LogP) is 24.6. The van der Waals surface area contributed by atoms with Crippen molar-refractivity contribution in [3.63, 3.8) is 0 Å². The van der Waals surface area contributed by atoms with Crippen LogP contribution in [0.4, 0.5) is 0 Å². The highest BCUT2D eigenvalue weighted by atomic mass is 31.2. The molecule has 0 aliphatic rings. The summed E-state index contributed by atoms with van der Waals surface area (Å²) < 4.78 is 68.7. The lowest BCUT2D eigenvalue weighted by Gasteiger charge is -2.21. The highest BCUT2D eigenvalue weighted by Gasteiger charge is 2.30. The van der Waals surface area contributed by atoms with Crippen molar-refractivity contribution >= 4 is 39.5 Å². The number of unbranched alkanes of at least 4 members (excludes halogenated alkanes) is 47. The first kappa shape index (κ1) is 99.5. The van der Waals surface area contributed by atoms with E-state index in [1.54, 1.807) is 0 Å². The molecule has 19 heteroatoms. The zero-order chi connectivity index (χ0) is 74.9. The van der Waals surface area contributed by atoms with Gasteiger partial charge in [0.15, 0.2) is 12.2 Å². The van der Waals surface area contributed by atoms with Crippen LogP contribution in [0.2, 0.25) is 0 Å². The highest BCUT2D eigenvalue weighted by molar-refractivity contribution is 7.47. The van der Waals surface area contributed by atoms with Gasteiger partial charge in [0.05, 0.1) is 26.4 Å². The number of aliphatic hydroxyl groups is 1. The van der Waals surface area contributed by atoms with Gasteiger partial charge in [0.25, 0.3) is 0 Å². The van der Waals surface area contributed by atoms with Crippen LogP contribution in [0, 0.1) is 11.8 Å². The third-order valence-electron chi connectivity index (χ3n) is 18.8. The number of aliphatic hydroxyl groups excluding tert-OH is 1. The molecule has 0 saturated carbocycles. The number of carbonyl (C=O) groups excluding carboxylic acids is 4. The van der Waals surface area contributed by atoms with Crippen molar-refractivity contribution in [1.29, 1.82) is 0 Å². The third-order valence-corrected chi connectivity index (χ3v) is 20.7. The molecule has 0 aliphatic carbocycles. The van der Waals surface area contributed by atoms with Gasteiger partial charge >= 0.3 is 39.5 Å². The minimum atomic E-state index is -4.97. The van der Waals surface area contributed by atoms with E-state index >= 15 is 0 Å². The molecule has 0 aromatic heterocycles. The van der Waals surface area contributed by atoms with Gasteiger partial charge in [0.2, 0.25) is 0 Å². The second-order valence-electron chi connectivity index (χ2n) is 30.1. The Hall–Kier alpha value is -2.46. The average Bonchev–Trinajstić information content (AvgIpc) is 0.933. The fourth-order valence-corrected chi connectivity index (χ4v) is 13.9. The number of allylic oxidation sites excluding steroid dienone is 4. The van der Waals surface area contributed by atoms with Crippen LogP contribution in [-0.4, -0.2) is 96.7 Å². The largest absolute Gasteiger partial charge is 0.472 e. The topological polar surface area (TPSA) is 237 Å². The maximum absolute atomic E-state index is 13.1. The molecule has 0 aromatic carbocycles. The molecule has 0 heterocycles. The molecule has 0 aromatic rings. The summed E-state index contributed by atoms with van der Waals surface area (Å²) in [6.45, 7) is 9.54. The molecule has 0 fully saturated rings. The lowest BCUT2D eigenvalue weighted by Crippen LogP contribution is -2.30. The van der Waals surface area contributed by atoms with E-state index in [0.717, 1.165) is 115 Å². The smallest absolute Gasteiger partial charge is 0.462 e. The Morgan fingerprint density at radius 3 is 0.804 bits per heavy atom. The molecule has 0 rings (SSSR count). The van der Waals surface area contributed by atoms with Crippen LogP contribution in [0.15, 0.2) is 24.3 Å². The van der Waals surface area contributed by atoms with E-state index in [4.69, 9.17) is 37.0 Å². The molecule has 17 nitrogen and oxygen atoms in total. The SMILES string of the molecule is CCCCCC/C=C\C=C/CCCCCCCC(=O)O[C@H](COC(=O)CCCCCCCCCC(C)C)COP(=O)(O)OC[C@H](O)COP(=O)(O)OC[C@@H](COC(=O)CCCCCCCCCCCCCCCCC(C)C)OC(=O)CCCCCCCCCCCCCCCCCCCCCC. The summed E-state index contributed by atoms with van der Waals surface area (Å²) in [6, 6.07) is 0. The second-order valence-corrected chi connectivity index (χ2v) is 33.0. The van der Waals surface area contributed by atoms with Crippen LogP contribution in [0.5, 0.6) is 0 Å². The normalized spacial score (nSPS) is 14.0. The van der Waals surface area contributed by atoms with Crippen LogP contribution < -0.4 is 0 Å². The predicted molar refractivity (Wildman–Crippen MR) is 418 cm³/mol. The molecule has 602 valence electrons. The molecule has 102 heavy (non-hydrogen) atoms. The third kappa shape index (κ3) is 75.8. The molecular weight excluding hydrogens is 1330 g/mol. The standard InChI is InChI=1S/C83H158O17P2/c1-7-9-11-13-15-17-19-21-23-24-25-26-27-29-35-39-43-49-56-62-68-82(87)99-78(71-93-80(85)65-59-53-47-41-37-33-31-30-32-36-40-45-51-57-63-75(3)4)73-97-101(89,90)95-69-77(84)70-96-102(91,92)98-74-79(72-94-81(86)66-60-54-50-44-46-52-58-64-76(5)6)100-83(88)67-61-55-48-42-38-34-28-22-20-18-16-14-12-10-8-2/h18,20,22,28,75-79,84H,7-17,19,21,23-27,29-74H2,1-6H3,(H,89,90)(H,91,92)/b20-18-,28-22-/t77-,78-,79-/m1/s1. The average molecular weight is 1490 g/mol. The maximum Gasteiger partial charge on any atom is 0.472 e. The zero-order valence-corrected chi connectivity index (χ0v) is 68.2. The fraction of sp³-hybridized carbons (Fsp3) is 0.904. The van der Waals surface area contributed by atoms with E-state index in [2.05, 4.69) is 65.8 Å². The number of esters is 4. The molecule has 3 N–H and O–H groups in total. The van der Waals surface area contributed by atoms with Crippen molar-refractivity contribution in [3.05, 3.63) is 24.3 Å². The summed E-state index contributed by atoms with van der Waals surface area (Å²) in [5.74, 6) is -0.639. The van der Waals surface area contributed by atoms with Crippen LogP contribution >= 0.6 is 15.6 Å². The van der Waals surface area contributed by atoms with Gasteiger partial charge in [-0.2, -0.15) is 0 Å². The van der Waals surface area contributed by atoms with Crippen molar-refractivity contribution in [3.8, 4) is 0 Å². The minimum Gasteiger partial charge on any atom is -0.462 e. The fourth-order valence-electron chi connectivity index (χ4n) is 12.3. The first-order valence-electron chi connectivity index (χ1n) is 42.3. The van der Waals surface area contributed by atoms with Crippen LogP contribution in [-0.2, 0) is 65.4 Å². The number of phosphoric ester groups is 2. The molecule has 0 radical (unpaired) electrons. The number of rotatable bonds is 80. The van der Waals surface area contributed by atoms with E-state index in [1.807, 2.05) is 0 Å². The Balaban J connectivity index is 5.26. The Labute approximate surface area is 624 Å². The molecule has 0 saturated heterocycles. The lowest BCUT2D eigenvalue weighted by molar-refractivity contribution is -0.161. The Morgan fingerprint density at radius 2 is 0.529 bits per heavy atom. The number of hydrogen-bond donors (Lipinski definition) is 3. The monoisotopic (exact) mass is 1490 g/mol. The van der Waals surface area contributed by atoms with Gasteiger partial charge in [0.1, 0.15) is 19.3 Å². The Bertz CT molecular complexity index is 2050. The highest BCUT2D eigenvalue weighted by Crippen LogP contribution is 2.45. The van der Waals surface area contributed by atoms with Crippen LogP contribution in [0.25, 0.3) is 0 Å². The van der Waals surface area contributed by atoms with Gasteiger partial charge in [-0.15, -0.1) is 0 Å². The van der Waals surface area contributed by atoms with Crippen LogP contribution in [0.3, 0.4) is 0 Å². The van der Waals surface area contributed by atoms with Gasteiger partial charge in [-0.05, 0) is 63.2 Å². The lowest BCUT2D eigenvalue weighted by atomic mass is 10.0. The minimum absolute atomic E-state index is 0.0844. The quantitative estimate of drug-likeness (QED) is 0.0169. The Morgan fingerprint density at radius 1 is 0.304 bits per heavy atom. The zero-order valence-electron chi connectivity index (χ0n) is 66.4. The number of ether oxygens (including phenoxy) is 4. The van der Waals surface area contributed by atoms with Crippen LogP contribution in [0.1, 0.15) is 414 Å². The van der Waals surface area contributed by atoms with Crippen molar-refractivity contribution in [1.82, 2.24) is 0 Å². The van der Waals surface area contributed by atoms with E-state index in [1.165, 1.54) is 212 Å².